The molecule has 0 saturated heterocycles. The first kappa shape index (κ1) is 12.1. The van der Waals surface area contributed by atoms with Crippen molar-refractivity contribution in [2.75, 3.05) is 24.5 Å². The minimum atomic E-state index is 0.172. The van der Waals surface area contributed by atoms with Crippen molar-refractivity contribution in [1.29, 1.82) is 0 Å². The first-order chi connectivity index (χ1) is 8.24. The monoisotopic (exact) mass is 232 g/mol. The van der Waals surface area contributed by atoms with E-state index in [1.165, 1.54) is 5.56 Å². The van der Waals surface area contributed by atoms with Gasteiger partial charge in [-0.15, -0.1) is 0 Å². The molecular weight excluding hydrogens is 212 g/mol. The number of hydrogen-bond donors (Lipinski definition) is 1. The van der Waals surface area contributed by atoms with Crippen molar-refractivity contribution in [2.45, 2.75) is 26.2 Å². The van der Waals surface area contributed by atoms with Crippen LogP contribution in [0.1, 0.15) is 31.7 Å². The lowest BCUT2D eigenvalue weighted by Crippen LogP contribution is -2.41. The van der Waals surface area contributed by atoms with Crippen molar-refractivity contribution in [3.63, 3.8) is 0 Å². The summed E-state index contributed by atoms with van der Waals surface area (Å²) in [4.78, 5) is 14.0. The lowest BCUT2D eigenvalue weighted by molar-refractivity contribution is -0.117. The van der Waals surface area contributed by atoms with Crippen LogP contribution in [-0.4, -0.2) is 25.5 Å². The maximum atomic E-state index is 12.1. The Balaban J connectivity index is 2.21. The summed E-state index contributed by atoms with van der Waals surface area (Å²) >= 11 is 0. The molecule has 92 valence electrons. The second kappa shape index (κ2) is 5.32. The summed E-state index contributed by atoms with van der Waals surface area (Å²) in [5.41, 5.74) is 2.39. The first-order valence-corrected chi connectivity index (χ1v) is 6.34. The van der Waals surface area contributed by atoms with Gasteiger partial charge in [0.15, 0.2) is 0 Å². The molecule has 2 rings (SSSR count). The van der Waals surface area contributed by atoms with Gasteiger partial charge in [-0.05, 0) is 30.5 Å². The van der Waals surface area contributed by atoms with Crippen LogP contribution < -0.4 is 10.2 Å². The van der Waals surface area contributed by atoms with E-state index in [9.17, 15) is 4.79 Å². The minimum Gasteiger partial charge on any atom is -0.311 e. The Morgan fingerprint density at radius 3 is 3.00 bits per heavy atom. The predicted molar refractivity (Wildman–Crippen MR) is 70.4 cm³/mol. The number of likely N-dealkylation sites (N-methyl/N-ethyl adjacent to an activating group) is 1. The Morgan fingerprint density at radius 1 is 1.47 bits per heavy atom. The molecular formula is C14H20N2O. The molecule has 1 atom stereocenters. The van der Waals surface area contributed by atoms with Gasteiger partial charge in [0.25, 0.3) is 0 Å². The van der Waals surface area contributed by atoms with E-state index in [-0.39, 0.29) is 5.91 Å². The normalized spacial score (nSPS) is 18.9. The van der Waals surface area contributed by atoms with E-state index in [1.807, 2.05) is 24.0 Å². The van der Waals surface area contributed by atoms with Crippen LogP contribution in [0.4, 0.5) is 5.69 Å². The van der Waals surface area contributed by atoms with Crippen LogP contribution in [0.25, 0.3) is 0 Å². The van der Waals surface area contributed by atoms with E-state index < -0.39 is 0 Å². The van der Waals surface area contributed by atoms with Crippen LogP contribution in [0.3, 0.4) is 0 Å². The number of anilines is 1. The summed E-state index contributed by atoms with van der Waals surface area (Å²) in [6, 6.07) is 8.24. The number of hydrogen-bond acceptors (Lipinski definition) is 2. The summed E-state index contributed by atoms with van der Waals surface area (Å²) in [5, 5.41) is 3.10. The molecule has 1 aromatic rings. The second-order valence-electron chi connectivity index (χ2n) is 4.57. The highest BCUT2D eigenvalue weighted by atomic mass is 16.2. The molecule has 0 saturated carbocycles. The second-order valence-corrected chi connectivity index (χ2v) is 4.57. The Kier molecular flexibility index (Phi) is 3.79. The summed E-state index contributed by atoms with van der Waals surface area (Å²) in [5.74, 6) is 0.723. The van der Waals surface area contributed by atoms with Crippen molar-refractivity contribution in [2.24, 2.45) is 0 Å². The van der Waals surface area contributed by atoms with Crippen LogP contribution in [-0.2, 0) is 4.79 Å². The number of carbonyl (C=O) groups is 1. The highest BCUT2D eigenvalue weighted by Gasteiger charge is 2.25. The maximum Gasteiger partial charge on any atom is 0.240 e. The third kappa shape index (κ3) is 2.50. The third-order valence-corrected chi connectivity index (χ3v) is 3.37. The zero-order chi connectivity index (χ0) is 12.3. The molecule has 1 N–H and O–H groups in total. The smallest absolute Gasteiger partial charge is 0.240 e. The number of fused-ring (bicyclic) bond motifs is 1. The van der Waals surface area contributed by atoms with Crippen molar-refractivity contribution in [3.05, 3.63) is 29.8 Å². The van der Waals surface area contributed by atoms with E-state index in [0.29, 0.717) is 12.5 Å². The average Bonchev–Trinajstić information content (AvgIpc) is 2.37. The van der Waals surface area contributed by atoms with Crippen LogP contribution in [0, 0.1) is 0 Å². The van der Waals surface area contributed by atoms with Crippen LogP contribution in [0.2, 0.25) is 0 Å². The maximum absolute atomic E-state index is 12.1. The van der Waals surface area contributed by atoms with E-state index in [0.717, 1.165) is 25.2 Å². The molecule has 0 aromatic heterocycles. The lowest BCUT2D eigenvalue weighted by Gasteiger charge is -2.33. The molecule has 3 nitrogen and oxygen atoms in total. The van der Waals surface area contributed by atoms with Crippen molar-refractivity contribution >= 4 is 11.6 Å². The highest BCUT2D eigenvalue weighted by Crippen LogP contribution is 2.34. The summed E-state index contributed by atoms with van der Waals surface area (Å²) in [6.45, 7) is 6.34. The molecule has 1 heterocycles. The van der Waals surface area contributed by atoms with Gasteiger partial charge < -0.3 is 10.2 Å². The Hall–Kier alpha value is -1.35. The van der Waals surface area contributed by atoms with Gasteiger partial charge in [-0.2, -0.15) is 0 Å². The number of rotatable bonds is 3. The third-order valence-electron chi connectivity index (χ3n) is 3.37. The van der Waals surface area contributed by atoms with E-state index in [2.05, 4.69) is 24.4 Å². The molecule has 0 fully saturated rings. The zero-order valence-electron chi connectivity index (χ0n) is 10.6. The molecule has 1 unspecified atom stereocenters. The molecule has 0 aliphatic carbocycles. The standard InChI is InChI=1S/C14H20N2O/c1-3-15-10-14(17)16-9-8-11(2)12-6-4-5-7-13(12)16/h4-7,11,15H,3,8-10H2,1-2H3. The van der Waals surface area contributed by atoms with Crippen LogP contribution in [0.5, 0.6) is 0 Å². The Morgan fingerprint density at radius 2 is 2.24 bits per heavy atom. The van der Waals surface area contributed by atoms with Crippen LogP contribution in [0.15, 0.2) is 24.3 Å². The number of nitrogens with one attached hydrogen (secondary N) is 1. The fourth-order valence-corrected chi connectivity index (χ4v) is 2.34. The topological polar surface area (TPSA) is 32.3 Å². The summed E-state index contributed by atoms with van der Waals surface area (Å²) in [7, 11) is 0. The van der Waals surface area contributed by atoms with Gasteiger partial charge in [-0.3, -0.25) is 4.79 Å². The lowest BCUT2D eigenvalue weighted by atomic mass is 9.91. The van der Waals surface area contributed by atoms with Crippen molar-refractivity contribution in [3.8, 4) is 0 Å². The minimum absolute atomic E-state index is 0.172. The number of amides is 1. The van der Waals surface area contributed by atoms with Gasteiger partial charge in [-0.1, -0.05) is 32.0 Å². The van der Waals surface area contributed by atoms with Crippen molar-refractivity contribution < 1.29 is 4.79 Å². The number of para-hydroxylation sites is 1. The first-order valence-electron chi connectivity index (χ1n) is 6.34. The molecule has 0 radical (unpaired) electrons. The van der Waals surface area contributed by atoms with Gasteiger partial charge in [0.2, 0.25) is 5.91 Å². The SMILES string of the molecule is CCNCC(=O)N1CCC(C)c2ccccc21. The molecule has 3 heteroatoms. The largest absolute Gasteiger partial charge is 0.311 e. The molecule has 0 spiro atoms. The van der Waals surface area contributed by atoms with Gasteiger partial charge in [-0.25, -0.2) is 0 Å². The zero-order valence-corrected chi connectivity index (χ0v) is 10.6. The van der Waals surface area contributed by atoms with Crippen molar-refractivity contribution in [1.82, 2.24) is 5.32 Å². The fraction of sp³-hybridized carbons (Fsp3) is 0.500. The van der Waals surface area contributed by atoms with E-state index in [1.54, 1.807) is 0 Å². The molecule has 1 aliphatic rings. The Bertz CT molecular complexity index is 403. The van der Waals surface area contributed by atoms with Crippen LogP contribution >= 0.6 is 0 Å². The number of benzene rings is 1. The van der Waals surface area contributed by atoms with E-state index >= 15 is 0 Å². The molecule has 17 heavy (non-hydrogen) atoms. The molecule has 1 aromatic carbocycles. The van der Waals surface area contributed by atoms with E-state index in [4.69, 9.17) is 0 Å². The van der Waals surface area contributed by atoms with Gasteiger partial charge in [0.1, 0.15) is 0 Å². The number of nitrogens with zero attached hydrogens (tertiary/aromatic N) is 1. The average molecular weight is 232 g/mol. The van der Waals surface area contributed by atoms with Gasteiger partial charge >= 0.3 is 0 Å². The molecule has 1 aliphatic heterocycles. The summed E-state index contributed by atoms with van der Waals surface area (Å²) in [6.07, 6.45) is 1.05. The van der Waals surface area contributed by atoms with Gasteiger partial charge in [0, 0.05) is 12.2 Å². The summed E-state index contributed by atoms with van der Waals surface area (Å²) < 4.78 is 0. The molecule has 1 amide bonds. The molecule has 0 bridgehead atoms. The number of carbonyl (C=O) groups excluding carboxylic acids is 1. The fourth-order valence-electron chi connectivity index (χ4n) is 2.34. The Labute approximate surface area is 103 Å². The predicted octanol–water partition coefficient (Wildman–Crippen LogP) is 2.14. The quantitative estimate of drug-likeness (QED) is 0.866. The van der Waals surface area contributed by atoms with Gasteiger partial charge in [0.05, 0.1) is 6.54 Å². The highest BCUT2D eigenvalue weighted by molar-refractivity contribution is 5.96.